The van der Waals surface area contributed by atoms with Crippen LogP contribution in [0.3, 0.4) is 0 Å². The van der Waals surface area contributed by atoms with E-state index >= 15 is 0 Å². The van der Waals surface area contributed by atoms with Crippen LogP contribution in [-0.4, -0.2) is 34.8 Å². The number of hydrogen-bond acceptors (Lipinski definition) is 2. The SMILES string of the molecule is CCC1(C)C(=O)NC(C(C)(C)C)C(=O)N1CCC(C)(C)C. The number of carbonyl (C=O) groups is 2. The number of nitrogens with one attached hydrogen (secondary N) is 1. The van der Waals surface area contributed by atoms with Gasteiger partial charge in [0.25, 0.3) is 0 Å². The Morgan fingerprint density at radius 3 is 2.05 bits per heavy atom. The standard InChI is InChI=1S/C17H32N2O2/c1-9-17(8)14(21)18-12(16(5,6)7)13(20)19(17)11-10-15(2,3)4/h12H,9-11H2,1-8H3,(H,18,21). The summed E-state index contributed by atoms with van der Waals surface area (Å²) in [6.45, 7) is 16.9. The van der Waals surface area contributed by atoms with Gasteiger partial charge in [-0.25, -0.2) is 0 Å². The number of rotatable bonds is 3. The van der Waals surface area contributed by atoms with Crippen LogP contribution in [0.25, 0.3) is 0 Å². The lowest BCUT2D eigenvalue weighted by Gasteiger charge is -2.49. The summed E-state index contributed by atoms with van der Waals surface area (Å²) in [5.41, 5.74) is -0.869. The second-order valence-corrected chi connectivity index (χ2v) is 8.70. The first kappa shape index (κ1) is 18.0. The normalized spacial score (nSPS) is 27.8. The zero-order valence-corrected chi connectivity index (χ0v) is 15.0. The molecule has 1 rings (SSSR count). The average Bonchev–Trinajstić information content (AvgIpc) is 2.30. The zero-order valence-electron chi connectivity index (χ0n) is 15.0. The van der Waals surface area contributed by atoms with E-state index in [-0.39, 0.29) is 22.6 Å². The van der Waals surface area contributed by atoms with Crippen LogP contribution in [0.2, 0.25) is 0 Å². The monoisotopic (exact) mass is 296 g/mol. The lowest BCUT2D eigenvalue weighted by atomic mass is 9.80. The van der Waals surface area contributed by atoms with Gasteiger partial charge < -0.3 is 10.2 Å². The van der Waals surface area contributed by atoms with Gasteiger partial charge in [-0.3, -0.25) is 9.59 Å². The highest BCUT2D eigenvalue weighted by atomic mass is 16.2. The van der Waals surface area contributed by atoms with Crippen LogP contribution in [0, 0.1) is 10.8 Å². The predicted octanol–water partition coefficient (Wildman–Crippen LogP) is 2.96. The molecular weight excluding hydrogens is 264 g/mol. The molecule has 2 atom stereocenters. The van der Waals surface area contributed by atoms with E-state index in [0.717, 1.165) is 6.42 Å². The topological polar surface area (TPSA) is 49.4 Å². The Balaban J connectivity index is 3.10. The van der Waals surface area contributed by atoms with E-state index in [2.05, 4.69) is 26.1 Å². The molecule has 4 heteroatoms. The molecule has 0 aromatic carbocycles. The summed E-state index contributed by atoms with van der Waals surface area (Å²) in [6.07, 6.45) is 1.52. The Morgan fingerprint density at radius 1 is 1.14 bits per heavy atom. The van der Waals surface area contributed by atoms with Crippen molar-refractivity contribution in [3.63, 3.8) is 0 Å². The largest absolute Gasteiger partial charge is 0.342 e. The first-order valence-corrected chi connectivity index (χ1v) is 7.95. The van der Waals surface area contributed by atoms with Gasteiger partial charge in [0.15, 0.2) is 0 Å². The van der Waals surface area contributed by atoms with Gasteiger partial charge in [0.05, 0.1) is 0 Å². The van der Waals surface area contributed by atoms with Gasteiger partial charge in [0, 0.05) is 6.54 Å². The average molecular weight is 296 g/mol. The molecule has 0 spiro atoms. The van der Waals surface area contributed by atoms with Crippen LogP contribution >= 0.6 is 0 Å². The fourth-order valence-electron chi connectivity index (χ4n) is 2.61. The van der Waals surface area contributed by atoms with Gasteiger partial charge in [-0.05, 0) is 30.6 Å². The minimum Gasteiger partial charge on any atom is -0.342 e. The highest BCUT2D eigenvalue weighted by Gasteiger charge is 2.51. The highest BCUT2D eigenvalue weighted by Crippen LogP contribution is 2.32. The molecule has 1 saturated heterocycles. The summed E-state index contributed by atoms with van der Waals surface area (Å²) in [4.78, 5) is 27.3. The van der Waals surface area contributed by atoms with Gasteiger partial charge in [0.1, 0.15) is 11.6 Å². The third kappa shape index (κ3) is 3.78. The molecule has 0 aliphatic carbocycles. The van der Waals surface area contributed by atoms with Crippen molar-refractivity contribution in [2.75, 3.05) is 6.54 Å². The number of hydrogen-bond donors (Lipinski definition) is 1. The van der Waals surface area contributed by atoms with Crippen LogP contribution in [-0.2, 0) is 9.59 Å². The van der Waals surface area contributed by atoms with E-state index < -0.39 is 11.6 Å². The Bertz CT molecular complexity index is 417. The van der Waals surface area contributed by atoms with Crippen LogP contribution in [0.15, 0.2) is 0 Å². The Hall–Kier alpha value is -1.06. The van der Waals surface area contributed by atoms with Gasteiger partial charge in [0.2, 0.25) is 11.8 Å². The number of amides is 2. The summed E-state index contributed by atoms with van der Waals surface area (Å²) in [5, 5.41) is 2.94. The quantitative estimate of drug-likeness (QED) is 0.870. The maximum absolute atomic E-state index is 12.9. The molecule has 0 bridgehead atoms. The summed E-state index contributed by atoms with van der Waals surface area (Å²) in [5.74, 6) is 0.0223. The second kappa shape index (κ2) is 5.62. The van der Waals surface area contributed by atoms with Crippen molar-refractivity contribution < 1.29 is 9.59 Å². The van der Waals surface area contributed by atoms with E-state index in [0.29, 0.717) is 13.0 Å². The van der Waals surface area contributed by atoms with Crippen molar-refractivity contribution in [3.05, 3.63) is 0 Å². The second-order valence-electron chi connectivity index (χ2n) is 8.70. The summed E-state index contributed by atoms with van der Waals surface area (Å²) in [7, 11) is 0. The molecule has 0 aromatic heterocycles. The molecule has 1 aliphatic rings. The van der Waals surface area contributed by atoms with Crippen LogP contribution in [0.4, 0.5) is 0 Å². The maximum Gasteiger partial charge on any atom is 0.246 e. The molecule has 122 valence electrons. The molecule has 0 saturated carbocycles. The Kier molecular flexibility index (Phi) is 4.81. The summed E-state index contributed by atoms with van der Waals surface area (Å²) < 4.78 is 0. The number of carbonyl (C=O) groups excluding carboxylic acids is 2. The van der Waals surface area contributed by atoms with E-state index in [4.69, 9.17) is 0 Å². The molecule has 1 fully saturated rings. The van der Waals surface area contributed by atoms with Gasteiger partial charge in [-0.1, -0.05) is 48.5 Å². The lowest BCUT2D eigenvalue weighted by molar-refractivity contribution is -0.160. The molecule has 21 heavy (non-hydrogen) atoms. The first-order chi connectivity index (χ1) is 9.33. The molecule has 2 unspecified atom stereocenters. The van der Waals surface area contributed by atoms with Crippen LogP contribution in [0.1, 0.15) is 68.2 Å². The predicted molar refractivity (Wildman–Crippen MR) is 85.9 cm³/mol. The molecule has 2 amide bonds. The Morgan fingerprint density at radius 2 is 1.67 bits per heavy atom. The fraction of sp³-hybridized carbons (Fsp3) is 0.882. The van der Waals surface area contributed by atoms with Crippen molar-refractivity contribution in [3.8, 4) is 0 Å². The third-order valence-electron chi connectivity index (χ3n) is 4.51. The minimum absolute atomic E-state index is 0.0292. The first-order valence-electron chi connectivity index (χ1n) is 7.95. The van der Waals surface area contributed by atoms with E-state index in [1.807, 2.05) is 39.5 Å². The summed E-state index contributed by atoms with van der Waals surface area (Å²) in [6, 6.07) is -0.440. The number of piperazine rings is 1. The smallest absolute Gasteiger partial charge is 0.246 e. The van der Waals surface area contributed by atoms with Gasteiger partial charge in [-0.2, -0.15) is 0 Å². The van der Waals surface area contributed by atoms with Crippen molar-refractivity contribution in [2.45, 2.75) is 79.8 Å². The van der Waals surface area contributed by atoms with Gasteiger partial charge in [-0.15, -0.1) is 0 Å². The van der Waals surface area contributed by atoms with Crippen molar-refractivity contribution in [1.29, 1.82) is 0 Å². The molecule has 0 radical (unpaired) electrons. The van der Waals surface area contributed by atoms with E-state index in [9.17, 15) is 9.59 Å². The minimum atomic E-state index is -0.732. The molecule has 1 heterocycles. The maximum atomic E-state index is 12.9. The molecule has 4 nitrogen and oxygen atoms in total. The summed E-state index contributed by atoms with van der Waals surface area (Å²) >= 11 is 0. The third-order valence-corrected chi connectivity index (χ3v) is 4.51. The molecular formula is C17H32N2O2. The Labute approximate surface area is 129 Å². The van der Waals surface area contributed by atoms with Crippen molar-refractivity contribution >= 4 is 11.8 Å². The van der Waals surface area contributed by atoms with Crippen molar-refractivity contribution in [1.82, 2.24) is 10.2 Å². The van der Waals surface area contributed by atoms with Gasteiger partial charge >= 0.3 is 0 Å². The highest BCUT2D eigenvalue weighted by molar-refractivity contribution is 5.99. The van der Waals surface area contributed by atoms with Crippen LogP contribution in [0.5, 0.6) is 0 Å². The fourth-order valence-corrected chi connectivity index (χ4v) is 2.61. The number of nitrogens with zero attached hydrogens (tertiary/aromatic N) is 1. The molecule has 0 aromatic rings. The molecule has 1 N–H and O–H groups in total. The lowest BCUT2D eigenvalue weighted by Crippen LogP contribution is -2.71. The van der Waals surface area contributed by atoms with E-state index in [1.165, 1.54) is 0 Å². The molecule has 1 aliphatic heterocycles. The zero-order chi connectivity index (χ0) is 16.6. The van der Waals surface area contributed by atoms with Crippen LogP contribution < -0.4 is 5.32 Å². The van der Waals surface area contributed by atoms with E-state index in [1.54, 1.807) is 0 Å². The van der Waals surface area contributed by atoms with Crippen molar-refractivity contribution in [2.24, 2.45) is 10.8 Å².